The molecule has 1 unspecified atom stereocenters. The van der Waals surface area contributed by atoms with Crippen molar-refractivity contribution in [3.8, 4) is 0 Å². The minimum Gasteiger partial charge on any atom is -0.383 e. The lowest BCUT2D eigenvalue weighted by Crippen LogP contribution is -2.31. The lowest BCUT2D eigenvalue weighted by Gasteiger charge is -2.12. The molecule has 0 aliphatic heterocycles. The van der Waals surface area contributed by atoms with Crippen LogP contribution in [0.2, 0.25) is 5.02 Å². The molecule has 0 aromatic heterocycles. The molecule has 0 saturated carbocycles. The van der Waals surface area contributed by atoms with Gasteiger partial charge in [-0.1, -0.05) is 23.7 Å². The fourth-order valence-corrected chi connectivity index (χ4v) is 1.73. The van der Waals surface area contributed by atoms with Gasteiger partial charge in [-0.3, -0.25) is 0 Å². The Bertz CT molecular complexity index is 286. The third-order valence-corrected chi connectivity index (χ3v) is 2.72. The van der Waals surface area contributed by atoms with Crippen molar-refractivity contribution in [3.63, 3.8) is 0 Å². The fraction of sp³-hybridized carbons (Fsp3) is 0.538. The van der Waals surface area contributed by atoms with Crippen LogP contribution >= 0.6 is 11.6 Å². The Balaban J connectivity index is 2.13. The standard InChI is InChI=1S/C13H20ClNO/c1-11(10-16-2)15-9-3-4-12-5-7-13(14)8-6-12/h5-8,11,15H,3-4,9-10H2,1-2H3. The van der Waals surface area contributed by atoms with Gasteiger partial charge in [0.1, 0.15) is 0 Å². The predicted molar refractivity (Wildman–Crippen MR) is 69.1 cm³/mol. The highest BCUT2D eigenvalue weighted by Crippen LogP contribution is 2.10. The van der Waals surface area contributed by atoms with E-state index in [1.165, 1.54) is 5.56 Å². The van der Waals surface area contributed by atoms with Crippen molar-refractivity contribution in [1.29, 1.82) is 0 Å². The first kappa shape index (κ1) is 13.5. The first-order valence-corrected chi connectivity index (χ1v) is 6.07. The van der Waals surface area contributed by atoms with Crippen LogP contribution in [0.5, 0.6) is 0 Å². The van der Waals surface area contributed by atoms with Crippen molar-refractivity contribution in [1.82, 2.24) is 5.32 Å². The Labute approximate surface area is 103 Å². The minimum atomic E-state index is 0.426. The average Bonchev–Trinajstić information content (AvgIpc) is 2.27. The van der Waals surface area contributed by atoms with Crippen molar-refractivity contribution in [2.75, 3.05) is 20.3 Å². The van der Waals surface area contributed by atoms with Crippen molar-refractivity contribution >= 4 is 11.6 Å². The zero-order chi connectivity index (χ0) is 11.8. The van der Waals surface area contributed by atoms with Gasteiger partial charge in [0.25, 0.3) is 0 Å². The van der Waals surface area contributed by atoms with Gasteiger partial charge in [-0.2, -0.15) is 0 Å². The van der Waals surface area contributed by atoms with E-state index in [4.69, 9.17) is 16.3 Å². The molecular formula is C13H20ClNO. The first-order chi connectivity index (χ1) is 7.72. The second-order valence-corrected chi connectivity index (χ2v) is 4.48. The lowest BCUT2D eigenvalue weighted by atomic mass is 10.1. The highest BCUT2D eigenvalue weighted by molar-refractivity contribution is 6.30. The summed E-state index contributed by atoms with van der Waals surface area (Å²) in [6.45, 7) is 3.92. The van der Waals surface area contributed by atoms with Crippen LogP contribution in [0.3, 0.4) is 0 Å². The van der Waals surface area contributed by atoms with Crippen LogP contribution in [0.1, 0.15) is 18.9 Å². The molecule has 0 aliphatic rings. The van der Waals surface area contributed by atoms with Gasteiger partial charge in [0.15, 0.2) is 0 Å². The molecule has 2 nitrogen and oxygen atoms in total. The molecule has 0 radical (unpaired) electrons. The van der Waals surface area contributed by atoms with E-state index in [2.05, 4.69) is 24.4 Å². The zero-order valence-corrected chi connectivity index (χ0v) is 10.8. The molecule has 0 amide bonds. The van der Waals surface area contributed by atoms with Crippen LogP contribution in [0, 0.1) is 0 Å². The maximum absolute atomic E-state index is 5.82. The molecule has 1 atom stereocenters. The summed E-state index contributed by atoms with van der Waals surface area (Å²) in [6, 6.07) is 8.48. The molecule has 0 spiro atoms. The summed E-state index contributed by atoms with van der Waals surface area (Å²) in [4.78, 5) is 0. The number of nitrogens with one attached hydrogen (secondary N) is 1. The van der Waals surface area contributed by atoms with Crippen molar-refractivity contribution in [2.45, 2.75) is 25.8 Å². The van der Waals surface area contributed by atoms with Gasteiger partial charge < -0.3 is 10.1 Å². The largest absolute Gasteiger partial charge is 0.383 e. The summed E-state index contributed by atoms with van der Waals surface area (Å²) in [5.74, 6) is 0. The normalized spacial score (nSPS) is 12.7. The van der Waals surface area contributed by atoms with E-state index in [1.54, 1.807) is 7.11 Å². The van der Waals surface area contributed by atoms with Gasteiger partial charge in [-0.25, -0.2) is 0 Å². The molecular weight excluding hydrogens is 222 g/mol. The predicted octanol–water partition coefficient (Wildman–Crippen LogP) is 2.90. The number of rotatable bonds is 7. The summed E-state index contributed by atoms with van der Waals surface area (Å²) in [5.41, 5.74) is 1.34. The summed E-state index contributed by atoms with van der Waals surface area (Å²) < 4.78 is 5.05. The van der Waals surface area contributed by atoms with Gasteiger partial charge in [0.05, 0.1) is 6.61 Å². The average molecular weight is 242 g/mol. The number of benzene rings is 1. The highest BCUT2D eigenvalue weighted by Gasteiger charge is 1.99. The third kappa shape index (κ3) is 5.50. The van der Waals surface area contributed by atoms with Gasteiger partial charge in [-0.05, 0) is 44.0 Å². The Morgan fingerprint density at radius 2 is 2.00 bits per heavy atom. The van der Waals surface area contributed by atoms with E-state index in [9.17, 15) is 0 Å². The van der Waals surface area contributed by atoms with E-state index < -0.39 is 0 Å². The summed E-state index contributed by atoms with van der Waals surface area (Å²) in [7, 11) is 1.73. The second kappa shape index (κ2) is 7.66. The quantitative estimate of drug-likeness (QED) is 0.742. The number of hydrogen-bond acceptors (Lipinski definition) is 2. The summed E-state index contributed by atoms with van der Waals surface area (Å²) in [6.07, 6.45) is 2.22. The van der Waals surface area contributed by atoms with Crippen LogP contribution in [0.4, 0.5) is 0 Å². The van der Waals surface area contributed by atoms with E-state index >= 15 is 0 Å². The fourth-order valence-electron chi connectivity index (χ4n) is 1.60. The van der Waals surface area contributed by atoms with E-state index in [-0.39, 0.29) is 0 Å². The number of ether oxygens (including phenoxy) is 1. The monoisotopic (exact) mass is 241 g/mol. The minimum absolute atomic E-state index is 0.426. The van der Waals surface area contributed by atoms with Gasteiger partial charge in [0.2, 0.25) is 0 Å². The molecule has 0 bridgehead atoms. The Hall–Kier alpha value is -0.570. The molecule has 1 aromatic rings. The summed E-state index contributed by atoms with van der Waals surface area (Å²) in [5, 5.41) is 4.22. The Morgan fingerprint density at radius 3 is 2.62 bits per heavy atom. The number of hydrogen-bond donors (Lipinski definition) is 1. The molecule has 0 fully saturated rings. The van der Waals surface area contributed by atoms with Crippen LogP contribution in [-0.2, 0) is 11.2 Å². The molecule has 16 heavy (non-hydrogen) atoms. The Morgan fingerprint density at radius 1 is 1.31 bits per heavy atom. The van der Waals surface area contributed by atoms with Gasteiger partial charge in [-0.15, -0.1) is 0 Å². The van der Waals surface area contributed by atoms with Crippen LogP contribution in [-0.4, -0.2) is 26.3 Å². The van der Waals surface area contributed by atoms with Crippen molar-refractivity contribution in [2.24, 2.45) is 0 Å². The molecule has 1 N–H and O–H groups in total. The number of aryl methyl sites for hydroxylation is 1. The molecule has 0 heterocycles. The maximum atomic E-state index is 5.82. The molecule has 3 heteroatoms. The Kier molecular flexibility index (Phi) is 6.46. The van der Waals surface area contributed by atoms with Crippen molar-refractivity contribution in [3.05, 3.63) is 34.9 Å². The summed E-state index contributed by atoms with van der Waals surface area (Å²) >= 11 is 5.82. The van der Waals surface area contributed by atoms with Gasteiger partial charge >= 0.3 is 0 Å². The molecule has 0 aliphatic carbocycles. The molecule has 90 valence electrons. The van der Waals surface area contributed by atoms with E-state index in [1.807, 2.05) is 12.1 Å². The third-order valence-electron chi connectivity index (χ3n) is 2.46. The topological polar surface area (TPSA) is 21.3 Å². The van der Waals surface area contributed by atoms with Crippen LogP contribution in [0.15, 0.2) is 24.3 Å². The zero-order valence-electron chi connectivity index (χ0n) is 10.0. The van der Waals surface area contributed by atoms with Crippen LogP contribution in [0.25, 0.3) is 0 Å². The van der Waals surface area contributed by atoms with Gasteiger partial charge in [0, 0.05) is 18.2 Å². The SMILES string of the molecule is COCC(C)NCCCc1ccc(Cl)cc1. The highest BCUT2D eigenvalue weighted by atomic mass is 35.5. The lowest BCUT2D eigenvalue weighted by molar-refractivity contribution is 0.172. The second-order valence-electron chi connectivity index (χ2n) is 4.04. The van der Waals surface area contributed by atoms with E-state index in [0.717, 1.165) is 31.0 Å². The molecule has 1 rings (SSSR count). The van der Waals surface area contributed by atoms with Crippen molar-refractivity contribution < 1.29 is 4.74 Å². The molecule has 1 aromatic carbocycles. The smallest absolute Gasteiger partial charge is 0.0613 e. The number of halogens is 1. The first-order valence-electron chi connectivity index (χ1n) is 5.69. The molecule has 0 saturated heterocycles. The van der Waals surface area contributed by atoms with E-state index in [0.29, 0.717) is 6.04 Å². The van der Waals surface area contributed by atoms with Crippen LogP contribution < -0.4 is 5.32 Å². The maximum Gasteiger partial charge on any atom is 0.0613 e. The number of methoxy groups -OCH3 is 1.